The molecule has 172 valence electrons. The van der Waals surface area contributed by atoms with E-state index >= 15 is 0 Å². The summed E-state index contributed by atoms with van der Waals surface area (Å²) in [6.45, 7) is 4.70. The van der Waals surface area contributed by atoms with Gasteiger partial charge in [0.1, 0.15) is 5.75 Å². The predicted octanol–water partition coefficient (Wildman–Crippen LogP) is 2.87. The van der Waals surface area contributed by atoms with Crippen LogP contribution in [0.1, 0.15) is 37.0 Å². The Morgan fingerprint density at radius 2 is 1.78 bits per heavy atom. The fraction of sp³-hybridized carbons (Fsp3) is 0.391. The molecule has 9 heteroatoms. The number of nitrogens with one attached hydrogen (secondary N) is 2. The van der Waals surface area contributed by atoms with E-state index in [0.29, 0.717) is 30.1 Å². The Hall–Kier alpha value is -3.07. The number of carbonyl (C=O) groups excluding carboxylic acids is 2. The molecule has 0 spiro atoms. The summed E-state index contributed by atoms with van der Waals surface area (Å²) in [6, 6.07) is 12.5. The average molecular weight is 460 g/mol. The van der Waals surface area contributed by atoms with Gasteiger partial charge in [0.2, 0.25) is 5.91 Å². The van der Waals surface area contributed by atoms with Crippen molar-refractivity contribution in [2.24, 2.45) is 5.92 Å². The number of hydrogen-bond donors (Lipinski definition) is 2. The molecule has 1 unspecified atom stereocenters. The number of sulfonamides is 1. The second kappa shape index (κ2) is 10.0. The summed E-state index contributed by atoms with van der Waals surface area (Å²) < 4.78 is 33.2. The number of para-hydroxylation sites is 2. The highest BCUT2D eigenvalue weighted by atomic mass is 32.2. The number of anilines is 1. The SMILES string of the molecule is COc1ccccc1NS(=O)(=O)c1ccc(C(=O)N2CCCC(NC(=O)C(C)C)C2)cc1. The van der Waals surface area contributed by atoms with Gasteiger partial charge in [-0.3, -0.25) is 14.3 Å². The second-order valence-electron chi connectivity index (χ2n) is 8.08. The van der Waals surface area contributed by atoms with Crippen LogP contribution in [0.3, 0.4) is 0 Å². The molecule has 1 saturated heterocycles. The van der Waals surface area contributed by atoms with Crippen molar-refractivity contribution in [2.45, 2.75) is 37.6 Å². The van der Waals surface area contributed by atoms with Crippen LogP contribution >= 0.6 is 0 Å². The van der Waals surface area contributed by atoms with Crippen molar-refractivity contribution in [1.82, 2.24) is 10.2 Å². The van der Waals surface area contributed by atoms with Gasteiger partial charge in [0.05, 0.1) is 17.7 Å². The van der Waals surface area contributed by atoms with Gasteiger partial charge in [-0.15, -0.1) is 0 Å². The molecule has 2 aromatic rings. The molecule has 1 aliphatic rings. The lowest BCUT2D eigenvalue weighted by atomic mass is 10.0. The Labute approximate surface area is 189 Å². The first kappa shape index (κ1) is 23.6. The van der Waals surface area contributed by atoms with E-state index in [1.807, 2.05) is 13.8 Å². The standard InChI is InChI=1S/C23H29N3O5S/c1-16(2)22(27)24-18-7-6-14-26(15-18)23(28)17-10-12-19(13-11-17)32(29,30)25-20-8-4-5-9-21(20)31-3/h4-5,8-13,16,18,25H,6-7,14-15H2,1-3H3,(H,24,27). The van der Waals surface area contributed by atoms with Crippen molar-refractivity contribution < 1.29 is 22.7 Å². The molecule has 32 heavy (non-hydrogen) atoms. The lowest BCUT2D eigenvalue weighted by molar-refractivity contribution is -0.125. The predicted molar refractivity (Wildman–Crippen MR) is 122 cm³/mol. The monoisotopic (exact) mass is 459 g/mol. The molecule has 3 rings (SSSR count). The molecule has 1 heterocycles. The molecule has 2 aromatic carbocycles. The third-order valence-corrected chi connectivity index (χ3v) is 6.72. The van der Waals surface area contributed by atoms with Crippen molar-refractivity contribution in [2.75, 3.05) is 24.9 Å². The topological polar surface area (TPSA) is 105 Å². The first-order chi connectivity index (χ1) is 15.2. The van der Waals surface area contributed by atoms with E-state index in [4.69, 9.17) is 4.74 Å². The molecule has 0 aliphatic carbocycles. The molecule has 2 N–H and O–H groups in total. The van der Waals surface area contributed by atoms with E-state index in [2.05, 4.69) is 10.0 Å². The molecule has 1 fully saturated rings. The summed E-state index contributed by atoms with van der Waals surface area (Å²) in [5.41, 5.74) is 0.732. The Morgan fingerprint density at radius 1 is 1.09 bits per heavy atom. The van der Waals surface area contributed by atoms with Gasteiger partial charge in [-0.25, -0.2) is 8.42 Å². The van der Waals surface area contributed by atoms with E-state index in [-0.39, 0.29) is 28.7 Å². The van der Waals surface area contributed by atoms with Gasteiger partial charge in [0, 0.05) is 30.6 Å². The number of ether oxygens (including phenoxy) is 1. The summed E-state index contributed by atoms with van der Waals surface area (Å²) in [7, 11) is -2.38. The van der Waals surface area contributed by atoms with E-state index in [0.717, 1.165) is 12.8 Å². The summed E-state index contributed by atoms with van der Waals surface area (Å²) in [6.07, 6.45) is 1.62. The van der Waals surface area contributed by atoms with Crippen LogP contribution in [-0.4, -0.2) is 51.4 Å². The third kappa shape index (κ3) is 5.59. The first-order valence-electron chi connectivity index (χ1n) is 10.6. The van der Waals surface area contributed by atoms with Crippen LogP contribution < -0.4 is 14.8 Å². The van der Waals surface area contributed by atoms with Crippen LogP contribution in [0.5, 0.6) is 5.75 Å². The molecule has 0 radical (unpaired) electrons. The normalized spacial score (nSPS) is 16.5. The number of likely N-dealkylation sites (tertiary alicyclic amines) is 1. The van der Waals surface area contributed by atoms with Gasteiger partial charge < -0.3 is 15.0 Å². The fourth-order valence-electron chi connectivity index (χ4n) is 3.54. The second-order valence-corrected chi connectivity index (χ2v) is 9.77. The van der Waals surface area contributed by atoms with Crippen LogP contribution in [0.4, 0.5) is 5.69 Å². The molecule has 8 nitrogen and oxygen atoms in total. The van der Waals surface area contributed by atoms with E-state index in [9.17, 15) is 18.0 Å². The highest BCUT2D eigenvalue weighted by Crippen LogP contribution is 2.26. The van der Waals surface area contributed by atoms with Crippen LogP contribution in [0, 0.1) is 5.92 Å². The number of piperidine rings is 1. The summed E-state index contributed by atoms with van der Waals surface area (Å²) in [5, 5.41) is 2.99. The minimum Gasteiger partial charge on any atom is -0.495 e. The molecule has 0 aromatic heterocycles. The number of carbonyl (C=O) groups is 2. The van der Waals surface area contributed by atoms with Crippen LogP contribution in [0.2, 0.25) is 0 Å². The molecule has 2 amide bonds. The molecule has 0 saturated carbocycles. The number of benzene rings is 2. The molecule has 1 aliphatic heterocycles. The van der Waals surface area contributed by atoms with Crippen LogP contribution in [-0.2, 0) is 14.8 Å². The summed E-state index contributed by atoms with van der Waals surface area (Å²) in [4.78, 5) is 26.6. The zero-order valence-electron chi connectivity index (χ0n) is 18.5. The maximum Gasteiger partial charge on any atom is 0.262 e. The zero-order chi connectivity index (χ0) is 23.3. The maximum atomic E-state index is 12.9. The van der Waals surface area contributed by atoms with Crippen molar-refractivity contribution in [3.05, 3.63) is 54.1 Å². The maximum absolute atomic E-state index is 12.9. The van der Waals surface area contributed by atoms with Crippen molar-refractivity contribution in [3.8, 4) is 5.75 Å². The summed E-state index contributed by atoms with van der Waals surface area (Å²) >= 11 is 0. The number of nitrogens with zero attached hydrogens (tertiary/aromatic N) is 1. The Kier molecular flexibility index (Phi) is 7.40. The average Bonchev–Trinajstić information content (AvgIpc) is 2.79. The zero-order valence-corrected chi connectivity index (χ0v) is 19.3. The Bertz CT molecular complexity index is 1070. The summed E-state index contributed by atoms with van der Waals surface area (Å²) in [5.74, 6) is 0.0867. The largest absolute Gasteiger partial charge is 0.495 e. The number of methoxy groups -OCH3 is 1. The number of hydrogen-bond acceptors (Lipinski definition) is 5. The minimum atomic E-state index is -3.85. The minimum absolute atomic E-state index is 0.0265. The highest BCUT2D eigenvalue weighted by Gasteiger charge is 2.26. The Balaban J connectivity index is 1.69. The van der Waals surface area contributed by atoms with E-state index in [1.54, 1.807) is 29.2 Å². The molecule has 0 bridgehead atoms. The molecular formula is C23H29N3O5S. The lowest BCUT2D eigenvalue weighted by Gasteiger charge is -2.33. The lowest BCUT2D eigenvalue weighted by Crippen LogP contribution is -2.50. The van der Waals surface area contributed by atoms with Crippen LogP contribution in [0.25, 0.3) is 0 Å². The first-order valence-corrected chi connectivity index (χ1v) is 12.0. The number of rotatable bonds is 7. The van der Waals surface area contributed by atoms with Crippen molar-refractivity contribution in [1.29, 1.82) is 0 Å². The van der Waals surface area contributed by atoms with Crippen molar-refractivity contribution in [3.63, 3.8) is 0 Å². The van der Waals surface area contributed by atoms with Gasteiger partial charge in [0.15, 0.2) is 0 Å². The molecule has 1 atom stereocenters. The van der Waals surface area contributed by atoms with E-state index < -0.39 is 10.0 Å². The highest BCUT2D eigenvalue weighted by molar-refractivity contribution is 7.92. The fourth-order valence-corrected chi connectivity index (χ4v) is 4.61. The Morgan fingerprint density at radius 3 is 2.44 bits per heavy atom. The van der Waals surface area contributed by atoms with Crippen molar-refractivity contribution >= 4 is 27.5 Å². The van der Waals surface area contributed by atoms with Gasteiger partial charge in [-0.2, -0.15) is 0 Å². The molecular weight excluding hydrogens is 430 g/mol. The van der Waals surface area contributed by atoms with Crippen LogP contribution in [0.15, 0.2) is 53.4 Å². The van der Waals surface area contributed by atoms with Gasteiger partial charge in [-0.1, -0.05) is 26.0 Å². The smallest absolute Gasteiger partial charge is 0.262 e. The van der Waals surface area contributed by atoms with Gasteiger partial charge >= 0.3 is 0 Å². The van der Waals surface area contributed by atoms with Gasteiger partial charge in [0.25, 0.3) is 15.9 Å². The van der Waals surface area contributed by atoms with E-state index in [1.165, 1.54) is 31.4 Å². The third-order valence-electron chi connectivity index (χ3n) is 5.34. The quantitative estimate of drug-likeness (QED) is 0.663. The number of amides is 2. The van der Waals surface area contributed by atoms with Gasteiger partial charge in [-0.05, 0) is 49.2 Å².